The lowest BCUT2D eigenvalue weighted by atomic mass is 9.79. The molecule has 1 aliphatic carbocycles. The molecule has 3 rings (SSSR count). The van der Waals surface area contributed by atoms with E-state index in [9.17, 15) is 0 Å². The molecule has 3 heteroatoms. The summed E-state index contributed by atoms with van der Waals surface area (Å²) in [5, 5.41) is 0. The fourth-order valence-corrected chi connectivity index (χ4v) is 2.96. The summed E-state index contributed by atoms with van der Waals surface area (Å²) in [6.07, 6.45) is 2.29. The van der Waals surface area contributed by atoms with Gasteiger partial charge in [-0.05, 0) is 57.6 Å². The molecule has 1 saturated carbocycles. The van der Waals surface area contributed by atoms with Crippen LogP contribution < -0.4 is 0 Å². The van der Waals surface area contributed by atoms with Gasteiger partial charge in [-0.2, -0.15) is 0 Å². The molecule has 1 aromatic carbocycles. The molecule has 108 valence electrons. The summed E-state index contributed by atoms with van der Waals surface area (Å²) in [5.74, 6) is 1.12. The van der Waals surface area contributed by atoms with Gasteiger partial charge in [0.05, 0.1) is 11.2 Å². The van der Waals surface area contributed by atoms with Gasteiger partial charge in [-0.25, -0.2) is 0 Å². The Morgan fingerprint density at radius 2 is 1.60 bits per heavy atom. The van der Waals surface area contributed by atoms with Crippen LogP contribution >= 0.6 is 0 Å². The first-order chi connectivity index (χ1) is 9.34. The van der Waals surface area contributed by atoms with Gasteiger partial charge in [-0.1, -0.05) is 31.2 Å². The minimum Gasteiger partial charge on any atom is -0.403 e. The van der Waals surface area contributed by atoms with Crippen molar-refractivity contribution in [1.82, 2.24) is 0 Å². The lowest BCUT2D eigenvalue weighted by molar-refractivity contribution is 0.00578. The molecule has 2 nitrogen and oxygen atoms in total. The maximum atomic E-state index is 6.16. The third-order valence-electron chi connectivity index (χ3n) is 5.28. The normalized spacial score (nSPS) is 30.6. The van der Waals surface area contributed by atoms with Gasteiger partial charge < -0.3 is 9.31 Å². The highest BCUT2D eigenvalue weighted by molar-refractivity contribution is 6.49. The molecule has 1 aliphatic heterocycles. The fraction of sp³-hybridized carbons (Fsp3) is 0.647. The molecule has 2 aliphatic rings. The van der Waals surface area contributed by atoms with E-state index in [1.807, 2.05) is 0 Å². The standard InChI is InChI=1S/C17H25BO2/c1-6-12-7-9-13(10-8-12)14-11-15(14)18-19-16(2,3)17(4,5)20-18/h7-10,14-15H,6,11H2,1-5H3. The molecule has 0 bridgehead atoms. The predicted molar refractivity (Wildman–Crippen MR) is 83.0 cm³/mol. The summed E-state index contributed by atoms with van der Waals surface area (Å²) >= 11 is 0. The third-order valence-corrected chi connectivity index (χ3v) is 5.28. The van der Waals surface area contributed by atoms with E-state index in [2.05, 4.69) is 58.9 Å². The van der Waals surface area contributed by atoms with Gasteiger partial charge in [0.1, 0.15) is 0 Å². The zero-order valence-electron chi connectivity index (χ0n) is 13.3. The Morgan fingerprint density at radius 1 is 1.05 bits per heavy atom. The van der Waals surface area contributed by atoms with E-state index in [0.29, 0.717) is 11.7 Å². The van der Waals surface area contributed by atoms with Crippen molar-refractivity contribution < 1.29 is 9.31 Å². The highest BCUT2D eigenvalue weighted by Crippen LogP contribution is 2.58. The maximum absolute atomic E-state index is 6.16. The average Bonchev–Trinajstić information content (AvgIpc) is 3.13. The van der Waals surface area contributed by atoms with Crippen molar-refractivity contribution >= 4 is 7.12 Å². The first kappa shape index (κ1) is 14.2. The molecule has 0 radical (unpaired) electrons. The van der Waals surface area contributed by atoms with Crippen LogP contribution in [0, 0.1) is 0 Å². The Morgan fingerprint density at radius 3 is 2.10 bits per heavy atom. The summed E-state index contributed by atoms with van der Waals surface area (Å²) in [4.78, 5) is 0. The average molecular weight is 272 g/mol. The summed E-state index contributed by atoms with van der Waals surface area (Å²) < 4.78 is 12.3. The summed E-state index contributed by atoms with van der Waals surface area (Å²) in [5.41, 5.74) is 2.41. The summed E-state index contributed by atoms with van der Waals surface area (Å²) in [6.45, 7) is 10.7. The molecule has 1 saturated heterocycles. The lowest BCUT2D eigenvalue weighted by Gasteiger charge is -2.32. The number of hydrogen-bond acceptors (Lipinski definition) is 2. The van der Waals surface area contributed by atoms with Crippen LogP contribution in [0.4, 0.5) is 0 Å². The molecule has 0 N–H and O–H groups in total. The van der Waals surface area contributed by atoms with Crippen molar-refractivity contribution in [1.29, 1.82) is 0 Å². The maximum Gasteiger partial charge on any atom is 0.461 e. The van der Waals surface area contributed by atoms with Crippen LogP contribution in [0.15, 0.2) is 24.3 Å². The first-order valence-electron chi connectivity index (χ1n) is 7.78. The van der Waals surface area contributed by atoms with Crippen molar-refractivity contribution in [3.8, 4) is 0 Å². The van der Waals surface area contributed by atoms with Gasteiger partial charge in [0, 0.05) is 5.82 Å². The molecule has 2 atom stereocenters. The number of hydrogen-bond donors (Lipinski definition) is 0. The predicted octanol–water partition coefficient (Wildman–Crippen LogP) is 4.20. The second-order valence-corrected chi connectivity index (χ2v) is 7.23. The quantitative estimate of drug-likeness (QED) is 0.768. The van der Waals surface area contributed by atoms with Crippen LogP contribution in [-0.2, 0) is 15.7 Å². The van der Waals surface area contributed by atoms with E-state index in [-0.39, 0.29) is 18.3 Å². The van der Waals surface area contributed by atoms with Gasteiger partial charge in [0.2, 0.25) is 0 Å². The molecule has 2 fully saturated rings. The highest BCUT2D eigenvalue weighted by Gasteiger charge is 2.59. The number of aryl methyl sites for hydroxylation is 1. The Hall–Kier alpha value is -0.795. The van der Waals surface area contributed by atoms with Crippen LogP contribution in [0.3, 0.4) is 0 Å². The van der Waals surface area contributed by atoms with Gasteiger partial charge in [0.15, 0.2) is 0 Å². The van der Waals surface area contributed by atoms with E-state index in [0.717, 1.165) is 6.42 Å². The summed E-state index contributed by atoms with van der Waals surface area (Å²) in [6, 6.07) is 9.04. The van der Waals surface area contributed by atoms with E-state index in [1.165, 1.54) is 17.5 Å². The number of benzene rings is 1. The Bertz CT molecular complexity index is 476. The fourth-order valence-electron chi connectivity index (χ4n) is 2.96. The second kappa shape index (κ2) is 4.61. The SMILES string of the molecule is CCc1ccc(C2CC2B2OC(C)(C)C(C)(C)O2)cc1. The molecule has 1 heterocycles. The van der Waals surface area contributed by atoms with Crippen LogP contribution in [0.1, 0.15) is 58.1 Å². The number of rotatable bonds is 3. The van der Waals surface area contributed by atoms with Crippen molar-refractivity contribution in [3.63, 3.8) is 0 Å². The molecule has 1 aromatic rings. The van der Waals surface area contributed by atoms with Crippen molar-refractivity contribution in [3.05, 3.63) is 35.4 Å². The zero-order valence-corrected chi connectivity index (χ0v) is 13.3. The van der Waals surface area contributed by atoms with Gasteiger partial charge in [-0.15, -0.1) is 0 Å². The van der Waals surface area contributed by atoms with E-state index in [1.54, 1.807) is 0 Å². The molecule has 20 heavy (non-hydrogen) atoms. The molecule has 0 spiro atoms. The van der Waals surface area contributed by atoms with Gasteiger partial charge in [-0.3, -0.25) is 0 Å². The van der Waals surface area contributed by atoms with Gasteiger partial charge >= 0.3 is 7.12 Å². The minimum atomic E-state index is -0.211. The minimum absolute atomic E-state index is 0.0455. The Balaban J connectivity index is 1.68. The van der Waals surface area contributed by atoms with Crippen molar-refractivity contribution in [2.75, 3.05) is 0 Å². The van der Waals surface area contributed by atoms with Crippen molar-refractivity contribution in [2.45, 2.75) is 70.4 Å². The lowest BCUT2D eigenvalue weighted by Crippen LogP contribution is -2.41. The van der Waals surface area contributed by atoms with Crippen LogP contribution in [0.25, 0.3) is 0 Å². The van der Waals surface area contributed by atoms with Crippen LogP contribution in [0.5, 0.6) is 0 Å². The Kier molecular flexibility index (Phi) is 3.26. The monoisotopic (exact) mass is 272 g/mol. The van der Waals surface area contributed by atoms with Gasteiger partial charge in [0.25, 0.3) is 0 Å². The zero-order chi connectivity index (χ0) is 14.5. The van der Waals surface area contributed by atoms with E-state index < -0.39 is 0 Å². The van der Waals surface area contributed by atoms with E-state index >= 15 is 0 Å². The van der Waals surface area contributed by atoms with E-state index in [4.69, 9.17) is 9.31 Å². The molecular formula is C17H25BO2. The molecular weight excluding hydrogens is 247 g/mol. The largest absolute Gasteiger partial charge is 0.461 e. The second-order valence-electron chi connectivity index (χ2n) is 7.23. The van der Waals surface area contributed by atoms with Crippen molar-refractivity contribution in [2.24, 2.45) is 0 Å². The molecule has 2 unspecified atom stereocenters. The first-order valence-corrected chi connectivity index (χ1v) is 7.78. The van der Waals surface area contributed by atoms with Crippen LogP contribution in [0.2, 0.25) is 5.82 Å². The molecule has 0 amide bonds. The highest BCUT2D eigenvalue weighted by atomic mass is 16.7. The Labute approximate surface area is 123 Å². The summed E-state index contributed by atoms with van der Waals surface area (Å²) in [7, 11) is -0.0455. The molecule has 0 aromatic heterocycles. The smallest absolute Gasteiger partial charge is 0.403 e. The third kappa shape index (κ3) is 2.31. The topological polar surface area (TPSA) is 18.5 Å². The van der Waals surface area contributed by atoms with Crippen LogP contribution in [-0.4, -0.2) is 18.3 Å².